The lowest BCUT2D eigenvalue weighted by Crippen LogP contribution is -1.86. The number of rotatable bonds is 1. The molecule has 0 aliphatic heterocycles. The number of hydrogen-bond acceptors (Lipinski definition) is 2. The van der Waals surface area contributed by atoms with Gasteiger partial charge >= 0.3 is 0 Å². The molecule has 1 aromatic rings. The predicted molar refractivity (Wildman–Crippen MR) is 70.0 cm³/mol. The van der Waals surface area contributed by atoms with Crippen LogP contribution < -0.4 is 0 Å². The average molecular weight is 274 g/mol. The summed E-state index contributed by atoms with van der Waals surface area (Å²) < 4.78 is 1.06. The molecule has 0 bridgehead atoms. The van der Waals surface area contributed by atoms with Crippen molar-refractivity contribution in [2.24, 2.45) is 0 Å². The molecule has 1 N–H and O–H groups in total. The first-order chi connectivity index (χ1) is 6.15. The van der Waals surface area contributed by atoms with Crippen LogP contribution in [0.4, 0.5) is 0 Å². The Kier molecular flexibility index (Phi) is 11.3. The lowest BCUT2D eigenvalue weighted by atomic mass is 10.1. The van der Waals surface area contributed by atoms with Gasteiger partial charge in [0.1, 0.15) is 0 Å². The third kappa shape index (κ3) is 6.52. The van der Waals surface area contributed by atoms with Crippen molar-refractivity contribution in [2.75, 3.05) is 12.5 Å². The number of halogens is 1. The quantitative estimate of drug-likeness (QED) is 0.794. The van der Waals surface area contributed by atoms with Crippen molar-refractivity contribution >= 4 is 36.1 Å². The van der Waals surface area contributed by atoms with Crippen molar-refractivity contribution in [2.45, 2.75) is 13.5 Å². The van der Waals surface area contributed by atoms with Gasteiger partial charge in [-0.2, -0.15) is 11.8 Å². The van der Waals surface area contributed by atoms with Crippen LogP contribution in [-0.4, -0.2) is 26.0 Å². The van der Waals surface area contributed by atoms with E-state index in [2.05, 4.69) is 15.9 Å². The lowest BCUT2D eigenvalue weighted by Gasteiger charge is -2.00. The summed E-state index contributed by atoms with van der Waals surface area (Å²) in [6, 6.07) is 5.84. The standard InChI is InChI=1S/C8H9BrO.C2H6S.B/c1-6-4-8(9)3-2-7(6)5-10;1-3-2;/h2-4,10H,5H2,1H3;1-2H3;. The highest BCUT2D eigenvalue weighted by molar-refractivity contribution is 9.10. The Morgan fingerprint density at radius 2 is 1.86 bits per heavy atom. The van der Waals surface area contributed by atoms with E-state index in [1.165, 1.54) is 0 Å². The first-order valence-corrected chi connectivity index (χ1v) is 6.34. The van der Waals surface area contributed by atoms with Crippen LogP contribution in [0.1, 0.15) is 11.1 Å². The fourth-order valence-corrected chi connectivity index (χ4v) is 1.31. The van der Waals surface area contributed by atoms with E-state index in [4.69, 9.17) is 5.11 Å². The van der Waals surface area contributed by atoms with Crippen molar-refractivity contribution in [3.63, 3.8) is 0 Å². The Labute approximate surface area is 101 Å². The van der Waals surface area contributed by atoms with Crippen molar-refractivity contribution in [1.82, 2.24) is 0 Å². The molecule has 4 heteroatoms. The van der Waals surface area contributed by atoms with E-state index in [1.54, 1.807) is 11.8 Å². The molecule has 0 aliphatic rings. The molecular formula is C10H15BBrOS. The molecule has 0 saturated carbocycles. The molecule has 14 heavy (non-hydrogen) atoms. The van der Waals surface area contributed by atoms with E-state index in [0.717, 1.165) is 15.6 Å². The second-order valence-electron chi connectivity index (χ2n) is 2.64. The van der Waals surface area contributed by atoms with Gasteiger partial charge in [0.05, 0.1) is 6.61 Å². The van der Waals surface area contributed by atoms with Gasteiger partial charge < -0.3 is 5.11 Å². The maximum atomic E-state index is 8.79. The third-order valence-corrected chi connectivity index (χ3v) is 1.97. The molecule has 0 heterocycles. The molecule has 0 spiro atoms. The summed E-state index contributed by atoms with van der Waals surface area (Å²) in [4.78, 5) is 0. The summed E-state index contributed by atoms with van der Waals surface area (Å²) in [7, 11) is 0. The molecule has 0 aliphatic carbocycles. The van der Waals surface area contributed by atoms with Crippen molar-refractivity contribution in [1.29, 1.82) is 0 Å². The van der Waals surface area contributed by atoms with Gasteiger partial charge in [-0.05, 0) is 42.7 Å². The molecular weight excluding hydrogens is 259 g/mol. The van der Waals surface area contributed by atoms with Crippen molar-refractivity contribution in [3.05, 3.63) is 33.8 Å². The van der Waals surface area contributed by atoms with Gasteiger partial charge in [0, 0.05) is 12.9 Å². The Bertz CT molecular complexity index is 256. The number of thioether (sulfide) groups is 1. The van der Waals surface area contributed by atoms with Crippen LogP contribution in [0, 0.1) is 6.92 Å². The molecule has 0 aromatic heterocycles. The van der Waals surface area contributed by atoms with E-state index < -0.39 is 0 Å². The van der Waals surface area contributed by atoms with Crippen molar-refractivity contribution in [3.8, 4) is 0 Å². The molecule has 1 aromatic carbocycles. The van der Waals surface area contributed by atoms with Crippen LogP contribution in [0.5, 0.6) is 0 Å². The van der Waals surface area contributed by atoms with Crippen molar-refractivity contribution < 1.29 is 5.11 Å². The van der Waals surface area contributed by atoms with E-state index in [-0.39, 0.29) is 15.0 Å². The number of aliphatic hydroxyl groups is 1. The first-order valence-electron chi connectivity index (χ1n) is 3.91. The molecule has 0 saturated heterocycles. The molecule has 1 nitrogen and oxygen atoms in total. The minimum atomic E-state index is 0. The summed E-state index contributed by atoms with van der Waals surface area (Å²) in [5.41, 5.74) is 2.11. The number of aryl methyl sites for hydroxylation is 1. The molecule has 0 amide bonds. The fourth-order valence-electron chi connectivity index (χ4n) is 0.837. The van der Waals surface area contributed by atoms with Gasteiger partial charge in [0.2, 0.25) is 0 Å². The van der Waals surface area contributed by atoms with E-state index in [0.29, 0.717) is 0 Å². The van der Waals surface area contributed by atoms with Crippen LogP contribution in [0.3, 0.4) is 0 Å². The second-order valence-corrected chi connectivity index (χ2v) is 4.37. The van der Waals surface area contributed by atoms with Gasteiger partial charge in [0.25, 0.3) is 0 Å². The van der Waals surface area contributed by atoms with Gasteiger partial charge in [0.15, 0.2) is 0 Å². The predicted octanol–water partition coefficient (Wildman–Crippen LogP) is 2.85. The minimum Gasteiger partial charge on any atom is -0.392 e. The minimum absolute atomic E-state index is 0. The lowest BCUT2D eigenvalue weighted by molar-refractivity contribution is 0.281. The molecule has 0 atom stereocenters. The number of aliphatic hydroxyl groups excluding tert-OH is 1. The molecule has 1 rings (SSSR count). The van der Waals surface area contributed by atoms with Crippen LogP contribution in [0.2, 0.25) is 0 Å². The molecule has 77 valence electrons. The SMILES string of the molecule is CSC.Cc1cc(Br)ccc1CO.[B]. The zero-order valence-corrected chi connectivity index (χ0v) is 11.2. The molecule has 3 radical (unpaired) electrons. The normalized spacial score (nSPS) is 8.36. The second kappa shape index (κ2) is 9.62. The zero-order valence-electron chi connectivity index (χ0n) is 8.75. The van der Waals surface area contributed by atoms with Crippen LogP contribution >= 0.6 is 27.7 Å². The monoisotopic (exact) mass is 273 g/mol. The van der Waals surface area contributed by atoms with Gasteiger partial charge in [-0.15, -0.1) is 0 Å². The third-order valence-electron chi connectivity index (χ3n) is 1.47. The largest absolute Gasteiger partial charge is 0.392 e. The summed E-state index contributed by atoms with van der Waals surface area (Å²) in [5.74, 6) is 0. The van der Waals surface area contributed by atoms with Crippen LogP contribution in [0.25, 0.3) is 0 Å². The zero-order chi connectivity index (χ0) is 10.3. The number of hydrogen-bond donors (Lipinski definition) is 1. The topological polar surface area (TPSA) is 20.2 Å². The van der Waals surface area contributed by atoms with E-state index in [1.807, 2.05) is 37.6 Å². The first kappa shape index (κ1) is 16.5. The fraction of sp³-hybridized carbons (Fsp3) is 0.400. The summed E-state index contributed by atoms with van der Waals surface area (Å²) in [5, 5.41) is 8.79. The highest BCUT2D eigenvalue weighted by atomic mass is 79.9. The molecule has 0 fully saturated rings. The smallest absolute Gasteiger partial charge is 0.0684 e. The Hall–Kier alpha value is 0.0749. The summed E-state index contributed by atoms with van der Waals surface area (Å²) >= 11 is 5.09. The highest BCUT2D eigenvalue weighted by Gasteiger charge is 1.95. The van der Waals surface area contributed by atoms with Gasteiger partial charge in [-0.1, -0.05) is 22.0 Å². The Balaban J connectivity index is 0. The molecule has 0 unspecified atom stereocenters. The van der Waals surface area contributed by atoms with Gasteiger partial charge in [-0.25, -0.2) is 0 Å². The maximum absolute atomic E-state index is 8.79. The Morgan fingerprint density at radius 1 is 1.36 bits per heavy atom. The van der Waals surface area contributed by atoms with E-state index in [9.17, 15) is 0 Å². The average Bonchev–Trinajstić information content (AvgIpc) is 2.06. The summed E-state index contributed by atoms with van der Waals surface area (Å²) in [6.45, 7) is 2.11. The number of benzene rings is 1. The van der Waals surface area contributed by atoms with Gasteiger partial charge in [-0.3, -0.25) is 0 Å². The van der Waals surface area contributed by atoms with Crippen LogP contribution in [0.15, 0.2) is 22.7 Å². The Morgan fingerprint density at radius 3 is 2.21 bits per heavy atom. The maximum Gasteiger partial charge on any atom is 0.0684 e. The van der Waals surface area contributed by atoms with Crippen LogP contribution in [-0.2, 0) is 6.61 Å². The van der Waals surface area contributed by atoms with E-state index >= 15 is 0 Å². The summed E-state index contributed by atoms with van der Waals surface area (Å²) in [6.07, 6.45) is 4.08. The highest BCUT2D eigenvalue weighted by Crippen LogP contribution is 2.15.